The van der Waals surface area contributed by atoms with Gasteiger partial charge in [-0.05, 0) is 37.1 Å². The number of nitrogens with two attached hydrogens (primary N) is 1. The SMILES string of the molecule is CCC(CC)(CN)C(=O)Nc1cccc(Oc2ccncc2)c1.Cl.Cl. The van der Waals surface area contributed by atoms with Gasteiger partial charge in [0.25, 0.3) is 0 Å². The average molecular weight is 386 g/mol. The number of hydrogen-bond acceptors (Lipinski definition) is 4. The van der Waals surface area contributed by atoms with Crippen LogP contribution >= 0.6 is 24.8 Å². The number of pyridine rings is 1. The molecule has 0 unspecified atom stereocenters. The van der Waals surface area contributed by atoms with E-state index in [0.29, 0.717) is 36.6 Å². The van der Waals surface area contributed by atoms with Crippen LogP contribution in [0.3, 0.4) is 0 Å². The van der Waals surface area contributed by atoms with Crippen molar-refractivity contribution in [1.82, 2.24) is 4.98 Å². The molecule has 0 aliphatic carbocycles. The Labute approximate surface area is 161 Å². The van der Waals surface area contributed by atoms with Crippen molar-refractivity contribution in [2.75, 3.05) is 11.9 Å². The Morgan fingerprint density at radius 1 is 1.12 bits per heavy atom. The largest absolute Gasteiger partial charge is 0.457 e. The lowest BCUT2D eigenvalue weighted by molar-refractivity contribution is -0.125. The summed E-state index contributed by atoms with van der Waals surface area (Å²) in [6.07, 6.45) is 4.75. The standard InChI is InChI=1S/C18H23N3O2.2ClH/c1-3-18(4-2,13-19)17(22)21-14-6-5-7-16(12-14)23-15-8-10-20-11-9-15;;/h5-12H,3-4,13,19H2,1-2H3,(H,21,22);2*1H. The maximum atomic E-state index is 12.6. The highest BCUT2D eigenvalue weighted by Crippen LogP contribution is 2.28. The lowest BCUT2D eigenvalue weighted by Gasteiger charge is -2.28. The average Bonchev–Trinajstić information content (AvgIpc) is 2.58. The van der Waals surface area contributed by atoms with E-state index >= 15 is 0 Å². The van der Waals surface area contributed by atoms with E-state index in [1.165, 1.54) is 0 Å². The first-order chi connectivity index (χ1) is 11.1. The van der Waals surface area contributed by atoms with Gasteiger partial charge in [-0.2, -0.15) is 0 Å². The van der Waals surface area contributed by atoms with Crippen molar-refractivity contribution in [2.45, 2.75) is 26.7 Å². The molecule has 0 aliphatic rings. The molecule has 1 aromatic heterocycles. The first-order valence-electron chi connectivity index (χ1n) is 7.83. The monoisotopic (exact) mass is 385 g/mol. The topological polar surface area (TPSA) is 77.2 Å². The summed E-state index contributed by atoms with van der Waals surface area (Å²) in [7, 11) is 0. The zero-order chi connectivity index (χ0) is 16.7. The molecule has 3 N–H and O–H groups in total. The molecule has 138 valence electrons. The van der Waals surface area contributed by atoms with Gasteiger partial charge >= 0.3 is 0 Å². The van der Waals surface area contributed by atoms with Crippen LogP contribution < -0.4 is 15.8 Å². The van der Waals surface area contributed by atoms with Crippen LogP contribution in [0.5, 0.6) is 11.5 Å². The molecule has 0 saturated heterocycles. The minimum atomic E-state index is -0.526. The molecule has 1 aromatic carbocycles. The third-order valence-corrected chi connectivity index (χ3v) is 4.20. The smallest absolute Gasteiger partial charge is 0.231 e. The van der Waals surface area contributed by atoms with E-state index in [4.69, 9.17) is 10.5 Å². The fraction of sp³-hybridized carbons (Fsp3) is 0.333. The minimum Gasteiger partial charge on any atom is -0.457 e. The van der Waals surface area contributed by atoms with Crippen molar-refractivity contribution in [2.24, 2.45) is 11.1 Å². The van der Waals surface area contributed by atoms with Gasteiger partial charge in [-0.15, -0.1) is 24.8 Å². The van der Waals surface area contributed by atoms with Crippen LogP contribution in [-0.2, 0) is 4.79 Å². The molecule has 0 saturated carbocycles. The van der Waals surface area contributed by atoms with Crippen LogP contribution in [-0.4, -0.2) is 17.4 Å². The van der Waals surface area contributed by atoms with Crippen molar-refractivity contribution in [1.29, 1.82) is 0 Å². The molecule has 0 bridgehead atoms. The van der Waals surface area contributed by atoms with E-state index in [1.807, 2.05) is 32.0 Å². The first kappa shape index (κ1) is 23.2. The molecule has 1 heterocycles. The van der Waals surface area contributed by atoms with Gasteiger partial charge < -0.3 is 15.8 Å². The summed E-state index contributed by atoms with van der Waals surface area (Å²) in [5.41, 5.74) is 5.99. The van der Waals surface area contributed by atoms with Gasteiger partial charge in [-0.25, -0.2) is 0 Å². The highest BCUT2D eigenvalue weighted by Gasteiger charge is 2.33. The number of aromatic nitrogens is 1. The van der Waals surface area contributed by atoms with Crippen molar-refractivity contribution < 1.29 is 9.53 Å². The van der Waals surface area contributed by atoms with Crippen LogP contribution in [0, 0.1) is 5.41 Å². The van der Waals surface area contributed by atoms with Gasteiger partial charge in [0.05, 0.1) is 5.41 Å². The van der Waals surface area contributed by atoms with Crippen LogP contribution in [0.25, 0.3) is 0 Å². The predicted octanol–water partition coefficient (Wildman–Crippen LogP) is 4.42. The molecule has 7 heteroatoms. The summed E-state index contributed by atoms with van der Waals surface area (Å²) in [5.74, 6) is 1.30. The predicted molar refractivity (Wildman–Crippen MR) is 106 cm³/mol. The van der Waals surface area contributed by atoms with Crippen LogP contribution in [0.1, 0.15) is 26.7 Å². The van der Waals surface area contributed by atoms with E-state index in [-0.39, 0.29) is 30.7 Å². The van der Waals surface area contributed by atoms with E-state index in [9.17, 15) is 4.79 Å². The summed E-state index contributed by atoms with van der Waals surface area (Å²) >= 11 is 0. The summed E-state index contributed by atoms with van der Waals surface area (Å²) in [6.45, 7) is 4.30. The Morgan fingerprint density at radius 2 is 1.76 bits per heavy atom. The zero-order valence-corrected chi connectivity index (χ0v) is 16.0. The molecule has 5 nitrogen and oxygen atoms in total. The lowest BCUT2D eigenvalue weighted by Crippen LogP contribution is -2.41. The molecule has 0 fully saturated rings. The number of nitrogens with zero attached hydrogens (tertiary/aromatic N) is 1. The van der Waals surface area contributed by atoms with Gasteiger partial charge in [0.2, 0.25) is 5.91 Å². The van der Waals surface area contributed by atoms with Crippen LogP contribution in [0.15, 0.2) is 48.8 Å². The van der Waals surface area contributed by atoms with E-state index in [0.717, 1.165) is 0 Å². The van der Waals surface area contributed by atoms with Crippen molar-refractivity contribution in [3.8, 4) is 11.5 Å². The third-order valence-electron chi connectivity index (χ3n) is 4.20. The quantitative estimate of drug-likeness (QED) is 0.739. The Hall–Kier alpha value is -1.82. The summed E-state index contributed by atoms with van der Waals surface area (Å²) in [5, 5.41) is 2.95. The number of benzene rings is 1. The molecule has 0 radical (unpaired) electrons. The molecule has 2 aromatic rings. The number of halogens is 2. The summed E-state index contributed by atoms with van der Waals surface area (Å²) in [4.78, 5) is 16.5. The number of ether oxygens (including phenoxy) is 1. The van der Waals surface area contributed by atoms with Crippen LogP contribution in [0.2, 0.25) is 0 Å². The van der Waals surface area contributed by atoms with Gasteiger partial charge in [0.1, 0.15) is 11.5 Å². The highest BCUT2D eigenvalue weighted by atomic mass is 35.5. The number of hydrogen-bond donors (Lipinski definition) is 2. The Bertz CT molecular complexity index is 642. The van der Waals surface area contributed by atoms with Crippen molar-refractivity contribution >= 4 is 36.4 Å². The lowest BCUT2D eigenvalue weighted by atomic mass is 9.81. The van der Waals surface area contributed by atoms with Gasteiger partial charge in [-0.3, -0.25) is 9.78 Å². The molecule has 0 aliphatic heterocycles. The number of rotatable bonds is 7. The summed E-state index contributed by atoms with van der Waals surface area (Å²) < 4.78 is 5.75. The molecule has 0 atom stereocenters. The van der Waals surface area contributed by atoms with Crippen LogP contribution in [0.4, 0.5) is 5.69 Å². The van der Waals surface area contributed by atoms with E-state index in [1.54, 1.807) is 30.6 Å². The first-order valence-corrected chi connectivity index (χ1v) is 7.83. The minimum absolute atomic E-state index is 0. The fourth-order valence-corrected chi connectivity index (χ4v) is 2.40. The number of carbonyl (C=O) groups excluding carboxylic acids is 1. The Kier molecular flexibility index (Phi) is 10.1. The number of nitrogens with one attached hydrogen (secondary N) is 1. The highest BCUT2D eigenvalue weighted by molar-refractivity contribution is 5.95. The number of carbonyl (C=O) groups is 1. The normalized spacial score (nSPS) is 10.2. The van der Waals surface area contributed by atoms with Crippen molar-refractivity contribution in [3.05, 3.63) is 48.8 Å². The van der Waals surface area contributed by atoms with Gasteiger partial charge in [0, 0.05) is 30.7 Å². The zero-order valence-electron chi connectivity index (χ0n) is 14.4. The Morgan fingerprint density at radius 3 is 2.32 bits per heavy atom. The maximum absolute atomic E-state index is 12.6. The van der Waals surface area contributed by atoms with Gasteiger partial charge in [0.15, 0.2) is 0 Å². The fourth-order valence-electron chi connectivity index (χ4n) is 2.40. The Balaban J connectivity index is 0.00000288. The molecule has 0 spiro atoms. The number of anilines is 1. The molecule has 1 amide bonds. The molecule has 2 rings (SSSR count). The second kappa shape index (κ2) is 10.9. The van der Waals surface area contributed by atoms with Gasteiger partial charge in [-0.1, -0.05) is 19.9 Å². The van der Waals surface area contributed by atoms with E-state index < -0.39 is 5.41 Å². The second-order valence-electron chi connectivity index (χ2n) is 5.46. The van der Waals surface area contributed by atoms with Crippen molar-refractivity contribution in [3.63, 3.8) is 0 Å². The maximum Gasteiger partial charge on any atom is 0.231 e. The van der Waals surface area contributed by atoms with E-state index in [2.05, 4.69) is 10.3 Å². The molecular weight excluding hydrogens is 361 g/mol. The molecule has 25 heavy (non-hydrogen) atoms. The summed E-state index contributed by atoms with van der Waals surface area (Å²) in [6, 6.07) is 10.9. The second-order valence-corrected chi connectivity index (χ2v) is 5.46. The molecular formula is C18H25Cl2N3O2. The third kappa shape index (κ3) is 5.88. The number of amides is 1.